The molecular formula is C16H19ClN6O2. The first kappa shape index (κ1) is 17.4. The van der Waals surface area contributed by atoms with Gasteiger partial charge in [0.1, 0.15) is 6.33 Å². The van der Waals surface area contributed by atoms with Crippen molar-refractivity contribution in [3.63, 3.8) is 0 Å². The van der Waals surface area contributed by atoms with Gasteiger partial charge in [-0.2, -0.15) is 0 Å². The summed E-state index contributed by atoms with van der Waals surface area (Å²) in [7, 11) is 2.03. The Bertz CT molecular complexity index is 792. The highest BCUT2D eigenvalue weighted by atomic mass is 35.5. The molecule has 0 atom stereocenters. The second-order valence-corrected chi connectivity index (χ2v) is 6.39. The molecular weight excluding hydrogens is 344 g/mol. The molecule has 9 heteroatoms. The Morgan fingerprint density at radius 1 is 1.24 bits per heavy atom. The number of nitrogens with one attached hydrogen (secondary N) is 1. The minimum atomic E-state index is -0.435. The molecule has 8 nitrogen and oxygen atoms in total. The second-order valence-electron chi connectivity index (χ2n) is 5.98. The number of piperazine rings is 1. The fraction of sp³-hybridized carbons (Fsp3) is 0.375. The monoisotopic (exact) mass is 362 g/mol. The molecule has 132 valence electrons. The number of rotatable bonds is 4. The van der Waals surface area contributed by atoms with Gasteiger partial charge in [-0.1, -0.05) is 17.7 Å². The summed E-state index contributed by atoms with van der Waals surface area (Å²) in [5.41, 5.74) is 1.36. The SMILES string of the molecule is Cc1c(Cl)cccc1Nc1ncnc(N2CCN(C)CC2)c1[N+](=O)[O-]. The van der Waals surface area contributed by atoms with Gasteiger partial charge in [0.25, 0.3) is 0 Å². The van der Waals surface area contributed by atoms with E-state index in [0.29, 0.717) is 29.6 Å². The highest BCUT2D eigenvalue weighted by Crippen LogP contribution is 2.35. The number of aromatic nitrogens is 2. The van der Waals surface area contributed by atoms with Crippen LogP contribution in [-0.4, -0.2) is 53.0 Å². The molecule has 0 aliphatic carbocycles. The zero-order chi connectivity index (χ0) is 18.0. The third-order valence-electron chi connectivity index (χ3n) is 4.31. The summed E-state index contributed by atoms with van der Waals surface area (Å²) >= 11 is 6.13. The third-order valence-corrected chi connectivity index (χ3v) is 4.72. The number of benzene rings is 1. The summed E-state index contributed by atoms with van der Waals surface area (Å²) in [4.78, 5) is 23.7. The van der Waals surface area contributed by atoms with E-state index < -0.39 is 4.92 Å². The summed E-state index contributed by atoms with van der Waals surface area (Å²) in [5.74, 6) is 0.509. The van der Waals surface area contributed by atoms with Gasteiger partial charge in [-0.15, -0.1) is 0 Å². The van der Waals surface area contributed by atoms with E-state index in [2.05, 4.69) is 20.2 Å². The number of nitro groups is 1. The van der Waals surface area contributed by atoms with Crippen LogP contribution in [0.1, 0.15) is 5.56 Å². The summed E-state index contributed by atoms with van der Waals surface area (Å²) in [5, 5.41) is 15.3. The summed E-state index contributed by atoms with van der Waals surface area (Å²) in [6, 6.07) is 5.36. The van der Waals surface area contributed by atoms with Crippen LogP contribution in [0.2, 0.25) is 5.02 Å². The highest BCUT2D eigenvalue weighted by Gasteiger charge is 2.29. The number of anilines is 3. The molecule has 0 unspecified atom stereocenters. The summed E-state index contributed by atoms with van der Waals surface area (Å²) < 4.78 is 0. The van der Waals surface area contributed by atoms with Crippen molar-refractivity contribution in [1.29, 1.82) is 0 Å². The average molecular weight is 363 g/mol. The lowest BCUT2D eigenvalue weighted by molar-refractivity contribution is -0.383. The van der Waals surface area contributed by atoms with Gasteiger partial charge in [-0.25, -0.2) is 9.97 Å². The number of hydrogen-bond donors (Lipinski definition) is 1. The smallest absolute Gasteiger partial charge is 0.348 e. The molecule has 0 saturated carbocycles. The largest absolute Gasteiger partial charge is 0.353 e. The van der Waals surface area contributed by atoms with Gasteiger partial charge in [0.05, 0.1) is 4.92 Å². The predicted octanol–water partition coefficient (Wildman–Crippen LogP) is 2.84. The normalized spacial score (nSPS) is 15.2. The van der Waals surface area contributed by atoms with Gasteiger partial charge in [-0.3, -0.25) is 10.1 Å². The molecule has 3 rings (SSSR count). The minimum absolute atomic E-state index is 0.119. The zero-order valence-electron chi connectivity index (χ0n) is 14.1. The lowest BCUT2D eigenvalue weighted by atomic mass is 10.2. The first-order valence-electron chi connectivity index (χ1n) is 7.92. The lowest BCUT2D eigenvalue weighted by Crippen LogP contribution is -2.45. The van der Waals surface area contributed by atoms with Gasteiger partial charge >= 0.3 is 5.69 Å². The van der Waals surface area contributed by atoms with Crippen molar-refractivity contribution in [3.05, 3.63) is 45.2 Å². The van der Waals surface area contributed by atoms with Gasteiger partial charge in [0.15, 0.2) is 0 Å². The van der Waals surface area contributed by atoms with Crippen molar-refractivity contribution in [3.8, 4) is 0 Å². The molecule has 1 fully saturated rings. The van der Waals surface area contributed by atoms with Gasteiger partial charge in [0.2, 0.25) is 11.6 Å². The molecule has 1 saturated heterocycles. The second kappa shape index (κ2) is 7.20. The van der Waals surface area contributed by atoms with Crippen molar-refractivity contribution in [2.45, 2.75) is 6.92 Å². The number of halogens is 1. The Morgan fingerprint density at radius 2 is 1.96 bits per heavy atom. The summed E-state index contributed by atoms with van der Waals surface area (Å²) in [6.07, 6.45) is 1.35. The van der Waals surface area contributed by atoms with Crippen LogP contribution < -0.4 is 10.2 Å². The maximum Gasteiger partial charge on any atom is 0.353 e. The van der Waals surface area contributed by atoms with E-state index in [1.165, 1.54) is 6.33 Å². The molecule has 1 aromatic carbocycles. The maximum atomic E-state index is 11.7. The van der Waals surface area contributed by atoms with Crippen LogP contribution in [0.3, 0.4) is 0 Å². The number of hydrogen-bond acceptors (Lipinski definition) is 7. The Balaban J connectivity index is 1.98. The van der Waals surface area contributed by atoms with E-state index in [9.17, 15) is 10.1 Å². The first-order valence-corrected chi connectivity index (χ1v) is 8.30. The third kappa shape index (κ3) is 3.64. The standard InChI is InChI=1S/C16H19ClN6O2/c1-11-12(17)4-3-5-13(11)20-15-14(23(24)25)16(19-10-18-15)22-8-6-21(2)7-9-22/h3-5,10H,6-9H2,1-2H3,(H,18,19,20). The molecule has 1 aromatic heterocycles. The summed E-state index contributed by atoms with van der Waals surface area (Å²) in [6.45, 7) is 4.88. The van der Waals surface area contributed by atoms with Crippen molar-refractivity contribution >= 4 is 34.6 Å². The quantitative estimate of drug-likeness (QED) is 0.660. The van der Waals surface area contributed by atoms with Crippen LogP contribution in [0.5, 0.6) is 0 Å². The molecule has 25 heavy (non-hydrogen) atoms. The van der Waals surface area contributed by atoms with Crippen molar-refractivity contribution in [2.75, 3.05) is 43.4 Å². The van der Waals surface area contributed by atoms with Crippen LogP contribution >= 0.6 is 11.6 Å². The molecule has 2 heterocycles. The van der Waals surface area contributed by atoms with Crippen LogP contribution in [0.25, 0.3) is 0 Å². The molecule has 1 N–H and O–H groups in total. The number of likely N-dealkylation sites (N-methyl/N-ethyl adjacent to an activating group) is 1. The van der Waals surface area contributed by atoms with Crippen molar-refractivity contribution < 1.29 is 4.92 Å². The molecule has 2 aromatic rings. The Kier molecular flexibility index (Phi) is 5.00. The topological polar surface area (TPSA) is 87.4 Å². The minimum Gasteiger partial charge on any atom is -0.348 e. The molecule has 0 radical (unpaired) electrons. The molecule has 1 aliphatic rings. The average Bonchev–Trinajstić information content (AvgIpc) is 2.59. The fourth-order valence-electron chi connectivity index (χ4n) is 2.75. The van der Waals surface area contributed by atoms with Crippen molar-refractivity contribution in [1.82, 2.24) is 14.9 Å². The fourth-order valence-corrected chi connectivity index (χ4v) is 2.92. The molecule has 0 bridgehead atoms. The van der Waals surface area contributed by atoms with Crippen LogP contribution in [0.4, 0.5) is 23.0 Å². The zero-order valence-corrected chi connectivity index (χ0v) is 14.8. The van der Waals surface area contributed by atoms with Crippen LogP contribution in [0.15, 0.2) is 24.5 Å². The Hall–Kier alpha value is -2.45. The van der Waals surface area contributed by atoms with Crippen molar-refractivity contribution in [2.24, 2.45) is 0 Å². The Labute approximate surface area is 150 Å². The number of nitrogens with zero attached hydrogens (tertiary/aromatic N) is 5. The van der Waals surface area contributed by atoms with Crippen LogP contribution in [0, 0.1) is 17.0 Å². The molecule has 0 spiro atoms. The van der Waals surface area contributed by atoms with Gasteiger partial charge in [-0.05, 0) is 31.7 Å². The van der Waals surface area contributed by atoms with E-state index in [-0.39, 0.29) is 11.5 Å². The van der Waals surface area contributed by atoms with Gasteiger partial charge < -0.3 is 15.1 Å². The molecule has 1 aliphatic heterocycles. The lowest BCUT2D eigenvalue weighted by Gasteiger charge is -2.32. The van der Waals surface area contributed by atoms with E-state index in [1.54, 1.807) is 12.1 Å². The van der Waals surface area contributed by atoms with E-state index in [4.69, 9.17) is 11.6 Å². The highest BCUT2D eigenvalue weighted by molar-refractivity contribution is 6.31. The van der Waals surface area contributed by atoms with E-state index >= 15 is 0 Å². The first-order chi connectivity index (χ1) is 12.0. The molecule has 0 amide bonds. The maximum absolute atomic E-state index is 11.7. The van der Waals surface area contributed by atoms with Crippen LogP contribution in [-0.2, 0) is 0 Å². The predicted molar refractivity (Wildman–Crippen MR) is 97.9 cm³/mol. The van der Waals surface area contributed by atoms with Gasteiger partial charge in [0, 0.05) is 36.9 Å². The van der Waals surface area contributed by atoms with E-state index in [0.717, 1.165) is 18.7 Å². The Morgan fingerprint density at radius 3 is 2.64 bits per heavy atom. The van der Waals surface area contributed by atoms with E-state index in [1.807, 2.05) is 24.9 Å².